The SMILES string of the molecule is CCC1NC(C)C(=O)N1CCCCOC. The van der Waals surface area contributed by atoms with Crippen LogP contribution in [0, 0.1) is 0 Å². The Morgan fingerprint density at radius 2 is 2.20 bits per heavy atom. The van der Waals surface area contributed by atoms with Crippen molar-refractivity contribution < 1.29 is 9.53 Å². The summed E-state index contributed by atoms with van der Waals surface area (Å²) in [5.74, 6) is 0.235. The Morgan fingerprint density at radius 1 is 1.47 bits per heavy atom. The average molecular weight is 214 g/mol. The zero-order valence-electron chi connectivity index (χ0n) is 9.95. The summed E-state index contributed by atoms with van der Waals surface area (Å²) in [6, 6.07) is -0.0163. The fourth-order valence-corrected chi connectivity index (χ4v) is 1.98. The topological polar surface area (TPSA) is 41.6 Å². The van der Waals surface area contributed by atoms with E-state index in [-0.39, 0.29) is 18.1 Å². The largest absolute Gasteiger partial charge is 0.385 e. The van der Waals surface area contributed by atoms with Crippen molar-refractivity contribution in [3.63, 3.8) is 0 Å². The fraction of sp³-hybridized carbons (Fsp3) is 0.909. The van der Waals surface area contributed by atoms with E-state index in [0.717, 1.165) is 32.4 Å². The third-order valence-corrected chi connectivity index (χ3v) is 2.86. The van der Waals surface area contributed by atoms with Gasteiger partial charge in [-0.3, -0.25) is 10.1 Å². The Bertz CT molecular complexity index is 209. The molecule has 0 aliphatic carbocycles. The molecule has 0 aromatic rings. The van der Waals surface area contributed by atoms with Gasteiger partial charge < -0.3 is 9.64 Å². The summed E-state index contributed by atoms with van der Waals surface area (Å²) >= 11 is 0. The van der Waals surface area contributed by atoms with Gasteiger partial charge in [0.05, 0.1) is 12.2 Å². The van der Waals surface area contributed by atoms with Crippen LogP contribution in [0.4, 0.5) is 0 Å². The van der Waals surface area contributed by atoms with E-state index in [9.17, 15) is 4.79 Å². The van der Waals surface area contributed by atoms with Crippen LogP contribution in [0.3, 0.4) is 0 Å². The lowest BCUT2D eigenvalue weighted by molar-refractivity contribution is -0.129. The molecule has 1 saturated heterocycles. The van der Waals surface area contributed by atoms with Gasteiger partial charge in [0, 0.05) is 20.3 Å². The number of rotatable bonds is 6. The maximum atomic E-state index is 11.8. The summed E-state index contributed by atoms with van der Waals surface area (Å²) in [4.78, 5) is 13.7. The van der Waals surface area contributed by atoms with Gasteiger partial charge in [-0.1, -0.05) is 6.92 Å². The lowest BCUT2D eigenvalue weighted by Gasteiger charge is -2.22. The fourth-order valence-electron chi connectivity index (χ4n) is 1.98. The van der Waals surface area contributed by atoms with Crippen LogP contribution in [0.2, 0.25) is 0 Å². The maximum absolute atomic E-state index is 11.8. The molecule has 4 nitrogen and oxygen atoms in total. The van der Waals surface area contributed by atoms with Crippen molar-refractivity contribution in [1.29, 1.82) is 0 Å². The van der Waals surface area contributed by atoms with Crippen molar-refractivity contribution >= 4 is 5.91 Å². The Morgan fingerprint density at radius 3 is 2.80 bits per heavy atom. The van der Waals surface area contributed by atoms with Crippen LogP contribution in [0.15, 0.2) is 0 Å². The van der Waals surface area contributed by atoms with Gasteiger partial charge in [-0.15, -0.1) is 0 Å². The highest BCUT2D eigenvalue weighted by Gasteiger charge is 2.34. The quantitative estimate of drug-likeness (QED) is 0.670. The Kier molecular flexibility index (Phi) is 5.05. The minimum absolute atomic E-state index is 0.0163. The molecule has 0 radical (unpaired) electrons. The van der Waals surface area contributed by atoms with Gasteiger partial charge in [0.15, 0.2) is 0 Å². The molecular formula is C11H22N2O2. The molecule has 1 rings (SSSR count). The molecule has 0 aromatic heterocycles. The lowest BCUT2D eigenvalue weighted by Crippen LogP contribution is -2.37. The predicted molar refractivity (Wildman–Crippen MR) is 59.5 cm³/mol. The van der Waals surface area contributed by atoms with E-state index in [2.05, 4.69) is 12.2 Å². The summed E-state index contributed by atoms with van der Waals surface area (Å²) in [5, 5.41) is 3.29. The average Bonchev–Trinajstić information content (AvgIpc) is 2.51. The standard InChI is InChI=1S/C11H22N2O2/c1-4-10-12-9(2)11(14)13(10)7-5-6-8-15-3/h9-10,12H,4-8H2,1-3H3. The molecule has 1 aliphatic rings. The molecule has 2 atom stereocenters. The molecule has 0 bridgehead atoms. The van der Waals surface area contributed by atoms with Gasteiger partial charge in [-0.2, -0.15) is 0 Å². The molecule has 1 fully saturated rings. The first-order chi connectivity index (χ1) is 7.20. The Labute approximate surface area is 92.0 Å². The van der Waals surface area contributed by atoms with Crippen molar-refractivity contribution in [1.82, 2.24) is 10.2 Å². The van der Waals surface area contributed by atoms with Crippen LogP contribution in [-0.4, -0.2) is 43.3 Å². The normalized spacial score (nSPS) is 26.3. The number of methoxy groups -OCH3 is 1. The van der Waals surface area contributed by atoms with E-state index in [4.69, 9.17) is 4.74 Å². The van der Waals surface area contributed by atoms with Gasteiger partial charge in [-0.25, -0.2) is 0 Å². The van der Waals surface area contributed by atoms with Gasteiger partial charge in [-0.05, 0) is 26.2 Å². The molecule has 1 aliphatic heterocycles. The molecule has 0 aromatic carbocycles. The summed E-state index contributed by atoms with van der Waals surface area (Å²) in [6.45, 7) is 5.66. The smallest absolute Gasteiger partial charge is 0.240 e. The highest BCUT2D eigenvalue weighted by Crippen LogP contribution is 2.14. The summed E-state index contributed by atoms with van der Waals surface area (Å²) in [5.41, 5.74) is 0. The summed E-state index contributed by atoms with van der Waals surface area (Å²) in [6.07, 6.45) is 3.24. The van der Waals surface area contributed by atoms with E-state index < -0.39 is 0 Å². The zero-order valence-corrected chi connectivity index (χ0v) is 9.95. The van der Waals surface area contributed by atoms with Crippen molar-refractivity contribution in [3.8, 4) is 0 Å². The first-order valence-corrected chi connectivity index (χ1v) is 5.76. The molecule has 15 heavy (non-hydrogen) atoms. The molecule has 1 heterocycles. The van der Waals surface area contributed by atoms with E-state index >= 15 is 0 Å². The van der Waals surface area contributed by atoms with E-state index in [1.54, 1.807) is 7.11 Å². The van der Waals surface area contributed by atoms with Crippen molar-refractivity contribution in [2.45, 2.75) is 45.3 Å². The minimum Gasteiger partial charge on any atom is -0.385 e. The number of unbranched alkanes of at least 4 members (excludes halogenated alkanes) is 1. The number of ether oxygens (including phenoxy) is 1. The molecule has 2 unspecified atom stereocenters. The van der Waals surface area contributed by atoms with Crippen molar-refractivity contribution in [3.05, 3.63) is 0 Å². The van der Waals surface area contributed by atoms with Crippen LogP contribution in [0.5, 0.6) is 0 Å². The highest BCUT2D eigenvalue weighted by atomic mass is 16.5. The second-order valence-electron chi connectivity index (χ2n) is 4.04. The monoisotopic (exact) mass is 214 g/mol. The second kappa shape index (κ2) is 6.08. The summed E-state index contributed by atoms with van der Waals surface area (Å²) in [7, 11) is 1.71. The Balaban J connectivity index is 2.34. The lowest BCUT2D eigenvalue weighted by atomic mass is 10.2. The third-order valence-electron chi connectivity index (χ3n) is 2.86. The molecule has 88 valence electrons. The van der Waals surface area contributed by atoms with Crippen LogP contribution >= 0.6 is 0 Å². The van der Waals surface area contributed by atoms with Crippen LogP contribution < -0.4 is 5.32 Å². The number of hydrogen-bond donors (Lipinski definition) is 1. The van der Waals surface area contributed by atoms with Gasteiger partial charge in [0.2, 0.25) is 5.91 Å². The van der Waals surface area contributed by atoms with Crippen LogP contribution in [0.25, 0.3) is 0 Å². The number of hydrogen-bond acceptors (Lipinski definition) is 3. The summed E-state index contributed by atoms with van der Waals surface area (Å²) < 4.78 is 4.99. The number of carbonyl (C=O) groups is 1. The Hall–Kier alpha value is -0.610. The number of amides is 1. The first kappa shape index (κ1) is 12.5. The maximum Gasteiger partial charge on any atom is 0.240 e. The third kappa shape index (κ3) is 3.18. The molecule has 1 amide bonds. The molecule has 0 saturated carbocycles. The van der Waals surface area contributed by atoms with Crippen LogP contribution in [0.1, 0.15) is 33.1 Å². The number of nitrogens with zero attached hydrogens (tertiary/aromatic N) is 1. The molecule has 1 N–H and O–H groups in total. The number of carbonyl (C=O) groups excluding carboxylic acids is 1. The van der Waals surface area contributed by atoms with Crippen molar-refractivity contribution in [2.75, 3.05) is 20.3 Å². The number of nitrogens with one attached hydrogen (secondary N) is 1. The van der Waals surface area contributed by atoms with Crippen LogP contribution in [-0.2, 0) is 9.53 Å². The minimum atomic E-state index is -0.0163. The zero-order chi connectivity index (χ0) is 11.3. The highest BCUT2D eigenvalue weighted by molar-refractivity contribution is 5.83. The van der Waals surface area contributed by atoms with Crippen molar-refractivity contribution in [2.24, 2.45) is 0 Å². The predicted octanol–water partition coefficient (Wildman–Crippen LogP) is 0.969. The van der Waals surface area contributed by atoms with E-state index in [1.165, 1.54) is 0 Å². The molecular weight excluding hydrogens is 192 g/mol. The second-order valence-corrected chi connectivity index (χ2v) is 4.04. The first-order valence-electron chi connectivity index (χ1n) is 5.76. The van der Waals surface area contributed by atoms with E-state index in [1.807, 2.05) is 11.8 Å². The molecule has 4 heteroatoms. The van der Waals surface area contributed by atoms with E-state index in [0.29, 0.717) is 0 Å². The van der Waals surface area contributed by atoms with Gasteiger partial charge in [0.25, 0.3) is 0 Å². The van der Waals surface area contributed by atoms with Gasteiger partial charge >= 0.3 is 0 Å². The molecule has 0 spiro atoms. The van der Waals surface area contributed by atoms with Gasteiger partial charge in [0.1, 0.15) is 0 Å².